The van der Waals surface area contributed by atoms with Crippen molar-refractivity contribution in [3.05, 3.63) is 12.0 Å². The standard InChI is InChI=1S/C7H9FN4O2S/c1-2-14-7(13)11-6(15)10-5-4(8)3-9-12-5/h3H,2H2,1H3,(H3,9,10,11,12,13,15). The fourth-order valence-electron chi connectivity index (χ4n) is 0.764. The summed E-state index contributed by atoms with van der Waals surface area (Å²) < 4.78 is 17.4. The Morgan fingerprint density at radius 2 is 2.53 bits per heavy atom. The Morgan fingerprint density at radius 3 is 3.07 bits per heavy atom. The van der Waals surface area contributed by atoms with Crippen LogP contribution >= 0.6 is 12.2 Å². The van der Waals surface area contributed by atoms with Crippen LogP contribution in [0.1, 0.15) is 6.92 Å². The number of hydrogen-bond acceptors (Lipinski definition) is 4. The van der Waals surface area contributed by atoms with Crippen LogP contribution in [0.5, 0.6) is 0 Å². The number of nitrogens with one attached hydrogen (secondary N) is 3. The second-order valence-electron chi connectivity index (χ2n) is 2.39. The first-order valence-corrected chi connectivity index (χ1v) is 4.48. The van der Waals surface area contributed by atoms with Crippen molar-refractivity contribution < 1.29 is 13.9 Å². The Hall–Kier alpha value is -1.70. The van der Waals surface area contributed by atoms with Crippen LogP contribution in [-0.4, -0.2) is 28.0 Å². The number of carbonyl (C=O) groups excluding carboxylic acids is 1. The van der Waals surface area contributed by atoms with Gasteiger partial charge in [0.15, 0.2) is 16.7 Å². The molecule has 0 saturated carbocycles. The van der Waals surface area contributed by atoms with Crippen LogP contribution in [0.2, 0.25) is 0 Å². The van der Waals surface area contributed by atoms with Gasteiger partial charge in [-0.15, -0.1) is 0 Å². The molecule has 0 aliphatic rings. The van der Waals surface area contributed by atoms with Gasteiger partial charge in [-0.05, 0) is 19.1 Å². The summed E-state index contributed by atoms with van der Waals surface area (Å²) in [6.45, 7) is 1.89. The van der Waals surface area contributed by atoms with Crippen LogP contribution in [0.15, 0.2) is 6.20 Å². The number of thiocarbonyl (C=S) groups is 1. The summed E-state index contributed by atoms with van der Waals surface area (Å²) in [6, 6.07) is 0. The van der Waals surface area contributed by atoms with E-state index < -0.39 is 11.9 Å². The van der Waals surface area contributed by atoms with E-state index in [0.29, 0.717) is 0 Å². The molecule has 0 spiro atoms. The van der Waals surface area contributed by atoms with Crippen molar-refractivity contribution in [1.29, 1.82) is 0 Å². The molecule has 0 unspecified atom stereocenters. The molecule has 15 heavy (non-hydrogen) atoms. The second-order valence-corrected chi connectivity index (χ2v) is 2.80. The smallest absolute Gasteiger partial charge is 0.413 e. The lowest BCUT2D eigenvalue weighted by atomic mass is 10.6. The molecule has 1 rings (SSSR count). The minimum absolute atomic E-state index is 0.0169. The van der Waals surface area contributed by atoms with Gasteiger partial charge in [0.2, 0.25) is 0 Å². The lowest BCUT2D eigenvalue weighted by molar-refractivity contribution is 0.158. The second kappa shape index (κ2) is 5.25. The summed E-state index contributed by atoms with van der Waals surface area (Å²) in [6.07, 6.45) is 0.282. The molecule has 1 heterocycles. The normalized spacial score (nSPS) is 9.47. The van der Waals surface area contributed by atoms with E-state index in [2.05, 4.69) is 25.6 Å². The van der Waals surface area contributed by atoms with Crippen molar-refractivity contribution in [3.8, 4) is 0 Å². The van der Waals surface area contributed by atoms with Gasteiger partial charge in [-0.1, -0.05) is 0 Å². The van der Waals surface area contributed by atoms with Crippen LogP contribution < -0.4 is 10.6 Å². The summed E-state index contributed by atoms with van der Waals surface area (Å²) in [7, 11) is 0. The average molecular weight is 232 g/mol. The number of carbonyl (C=O) groups is 1. The number of H-pyrrole nitrogens is 1. The molecule has 0 aromatic carbocycles. The zero-order valence-corrected chi connectivity index (χ0v) is 8.65. The highest BCUT2D eigenvalue weighted by Crippen LogP contribution is 2.06. The quantitative estimate of drug-likeness (QED) is 0.663. The number of anilines is 1. The van der Waals surface area contributed by atoms with Crippen molar-refractivity contribution in [1.82, 2.24) is 15.5 Å². The molecule has 0 atom stereocenters. The highest BCUT2D eigenvalue weighted by atomic mass is 32.1. The predicted octanol–water partition coefficient (Wildman–Crippen LogP) is 0.992. The minimum Gasteiger partial charge on any atom is -0.450 e. The molecule has 1 amide bonds. The van der Waals surface area contributed by atoms with E-state index in [0.717, 1.165) is 6.20 Å². The summed E-state index contributed by atoms with van der Waals surface area (Å²) in [4.78, 5) is 10.9. The third-order valence-electron chi connectivity index (χ3n) is 1.32. The maximum Gasteiger partial charge on any atom is 0.413 e. The van der Waals surface area contributed by atoms with Crippen molar-refractivity contribution in [2.24, 2.45) is 0 Å². The third kappa shape index (κ3) is 3.50. The molecular formula is C7H9FN4O2S. The average Bonchev–Trinajstić information content (AvgIpc) is 2.52. The molecular weight excluding hydrogens is 223 g/mol. The van der Waals surface area contributed by atoms with Crippen molar-refractivity contribution in [3.63, 3.8) is 0 Å². The van der Waals surface area contributed by atoms with Crippen LogP contribution in [0.3, 0.4) is 0 Å². The molecule has 3 N–H and O–H groups in total. The van der Waals surface area contributed by atoms with Gasteiger partial charge < -0.3 is 10.1 Å². The minimum atomic E-state index is -0.699. The van der Waals surface area contributed by atoms with E-state index in [4.69, 9.17) is 12.2 Å². The summed E-state index contributed by atoms with van der Waals surface area (Å²) in [5.74, 6) is -0.611. The molecule has 6 nitrogen and oxygen atoms in total. The van der Waals surface area contributed by atoms with Crippen LogP contribution in [0.4, 0.5) is 15.0 Å². The number of alkyl carbamates (subject to hydrolysis) is 1. The number of rotatable bonds is 2. The first-order chi connectivity index (χ1) is 7.13. The van der Waals surface area contributed by atoms with E-state index in [1.54, 1.807) is 6.92 Å². The van der Waals surface area contributed by atoms with Crippen molar-refractivity contribution in [2.75, 3.05) is 11.9 Å². The van der Waals surface area contributed by atoms with Gasteiger partial charge >= 0.3 is 6.09 Å². The molecule has 0 bridgehead atoms. The maximum atomic E-state index is 12.8. The number of nitrogens with zero attached hydrogens (tertiary/aromatic N) is 1. The highest BCUT2D eigenvalue weighted by Gasteiger charge is 2.08. The SMILES string of the molecule is CCOC(=O)NC(=S)Nc1[nH]ncc1F. The third-order valence-corrected chi connectivity index (χ3v) is 1.53. The van der Waals surface area contributed by atoms with Crippen molar-refractivity contribution in [2.45, 2.75) is 6.92 Å². The molecule has 0 aliphatic carbocycles. The number of ether oxygens (including phenoxy) is 1. The van der Waals surface area contributed by atoms with Gasteiger partial charge in [-0.3, -0.25) is 10.4 Å². The topological polar surface area (TPSA) is 79.0 Å². The van der Waals surface area contributed by atoms with Gasteiger partial charge in [0.1, 0.15) is 0 Å². The lowest BCUT2D eigenvalue weighted by Gasteiger charge is -2.07. The Balaban J connectivity index is 2.43. The fourth-order valence-corrected chi connectivity index (χ4v) is 0.949. The molecule has 0 radical (unpaired) electrons. The molecule has 1 aromatic rings. The first kappa shape index (κ1) is 11.4. The van der Waals surface area contributed by atoms with E-state index in [1.807, 2.05) is 0 Å². The Labute approximate surface area is 90.2 Å². The van der Waals surface area contributed by atoms with Gasteiger partial charge in [0, 0.05) is 0 Å². The summed E-state index contributed by atoms with van der Waals surface area (Å²) >= 11 is 4.71. The fraction of sp³-hybridized carbons (Fsp3) is 0.286. The van der Waals surface area contributed by atoms with Crippen LogP contribution in [0, 0.1) is 5.82 Å². The number of aromatic amines is 1. The lowest BCUT2D eigenvalue weighted by Crippen LogP contribution is -2.34. The number of hydrogen-bond donors (Lipinski definition) is 3. The van der Waals surface area contributed by atoms with Crippen LogP contribution in [-0.2, 0) is 4.74 Å². The van der Waals surface area contributed by atoms with E-state index >= 15 is 0 Å². The first-order valence-electron chi connectivity index (χ1n) is 4.07. The summed E-state index contributed by atoms with van der Waals surface area (Å²) in [5.41, 5.74) is 0. The van der Waals surface area contributed by atoms with Gasteiger partial charge in [0.25, 0.3) is 0 Å². The zero-order chi connectivity index (χ0) is 11.3. The predicted molar refractivity (Wildman–Crippen MR) is 54.9 cm³/mol. The number of aromatic nitrogens is 2. The molecule has 1 aromatic heterocycles. The molecule has 0 saturated heterocycles. The van der Waals surface area contributed by atoms with Gasteiger partial charge in [-0.25, -0.2) is 9.18 Å². The monoisotopic (exact) mass is 232 g/mol. The Morgan fingerprint density at radius 1 is 1.80 bits per heavy atom. The highest BCUT2D eigenvalue weighted by molar-refractivity contribution is 7.80. The molecule has 82 valence electrons. The molecule has 8 heteroatoms. The maximum absolute atomic E-state index is 12.8. The zero-order valence-electron chi connectivity index (χ0n) is 7.83. The Kier molecular flexibility index (Phi) is 3.98. The summed E-state index contributed by atoms with van der Waals surface area (Å²) in [5, 5.41) is 10.3. The van der Waals surface area contributed by atoms with Crippen molar-refractivity contribution >= 4 is 29.2 Å². The van der Waals surface area contributed by atoms with Gasteiger partial charge in [-0.2, -0.15) is 5.10 Å². The number of amides is 1. The molecule has 0 fully saturated rings. The molecule has 0 aliphatic heterocycles. The number of halogens is 1. The van der Waals surface area contributed by atoms with E-state index in [1.165, 1.54) is 0 Å². The van der Waals surface area contributed by atoms with Crippen LogP contribution in [0.25, 0.3) is 0 Å². The van der Waals surface area contributed by atoms with Gasteiger partial charge in [0.05, 0.1) is 12.8 Å². The van der Waals surface area contributed by atoms with E-state index in [9.17, 15) is 9.18 Å². The largest absolute Gasteiger partial charge is 0.450 e. The van der Waals surface area contributed by atoms with E-state index in [-0.39, 0.29) is 17.5 Å². The Bertz CT molecular complexity index is 368.